The van der Waals surface area contributed by atoms with Crippen molar-refractivity contribution in [1.82, 2.24) is 0 Å². The maximum atomic E-state index is 1.58. The quantitative estimate of drug-likeness (QED) is 0.496. The Morgan fingerprint density at radius 3 is 1.55 bits per heavy atom. The van der Waals surface area contributed by atoms with Crippen LogP contribution in [0.25, 0.3) is 0 Å². The molecule has 3 rings (SSSR count). The Kier molecular flexibility index (Phi) is 2.50. The van der Waals surface area contributed by atoms with Crippen molar-refractivity contribution in [3.63, 3.8) is 0 Å². The Bertz CT molecular complexity index is 93.7. The van der Waals surface area contributed by atoms with Crippen molar-refractivity contribution in [3.05, 3.63) is 0 Å². The summed E-state index contributed by atoms with van der Waals surface area (Å²) in [4.78, 5) is 0. The predicted molar refractivity (Wildman–Crippen MR) is 48.5 cm³/mol. The molecule has 0 unspecified atom stereocenters. The third-order valence-electron chi connectivity index (χ3n) is 3.56. The van der Waals surface area contributed by atoms with Crippen LogP contribution in [0.4, 0.5) is 0 Å². The summed E-state index contributed by atoms with van der Waals surface area (Å²) in [7, 11) is 0. The van der Waals surface area contributed by atoms with E-state index in [1.54, 1.807) is 25.7 Å². The molecule has 0 aromatic heterocycles. The minimum Gasteiger partial charge on any atom is -0.0533 e. The summed E-state index contributed by atoms with van der Waals surface area (Å²) in [6.07, 6.45) is 13.9. The van der Waals surface area contributed by atoms with E-state index in [9.17, 15) is 0 Å². The molecule has 0 heteroatoms. The molecular formula is C11H20. The minimum absolute atomic E-state index is 1.15. The fourth-order valence-electron chi connectivity index (χ4n) is 2.74. The summed E-state index contributed by atoms with van der Waals surface area (Å²) in [5, 5.41) is 0. The van der Waals surface area contributed by atoms with E-state index in [1.807, 2.05) is 0 Å². The molecule has 0 radical (unpaired) electrons. The van der Waals surface area contributed by atoms with Crippen LogP contribution in [0, 0.1) is 11.8 Å². The molecule has 3 fully saturated rings. The van der Waals surface area contributed by atoms with E-state index in [0.29, 0.717) is 0 Å². The average Bonchev–Trinajstić information content (AvgIpc) is 1.99. The lowest BCUT2D eigenvalue weighted by molar-refractivity contribution is 0.158. The first-order valence-corrected chi connectivity index (χ1v) is 5.45. The van der Waals surface area contributed by atoms with E-state index in [4.69, 9.17) is 0 Å². The Labute approximate surface area is 70.4 Å². The maximum Gasteiger partial charge on any atom is -0.0409 e. The second-order valence-electron chi connectivity index (χ2n) is 4.55. The lowest BCUT2D eigenvalue weighted by atomic mass is 9.70. The molecule has 0 aromatic rings. The van der Waals surface area contributed by atoms with Crippen LogP contribution in [0.1, 0.15) is 57.8 Å². The highest BCUT2D eigenvalue weighted by atomic mass is 14.3. The molecule has 3 aliphatic carbocycles. The highest BCUT2D eigenvalue weighted by Gasteiger charge is 2.28. The van der Waals surface area contributed by atoms with Crippen LogP contribution in [-0.2, 0) is 0 Å². The fourth-order valence-corrected chi connectivity index (χ4v) is 2.74. The molecule has 11 heavy (non-hydrogen) atoms. The van der Waals surface area contributed by atoms with Crippen molar-refractivity contribution in [1.29, 1.82) is 0 Å². The van der Waals surface area contributed by atoms with Gasteiger partial charge in [-0.15, -0.1) is 0 Å². The predicted octanol–water partition coefficient (Wildman–Crippen LogP) is 3.76. The fraction of sp³-hybridized carbons (Fsp3) is 1.00. The van der Waals surface area contributed by atoms with E-state index in [2.05, 4.69) is 0 Å². The summed E-state index contributed by atoms with van der Waals surface area (Å²) < 4.78 is 0. The molecule has 0 nitrogen and oxygen atoms in total. The number of hydrogen-bond donors (Lipinski definition) is 0. The van der Waals surface area contributed by atoms with Crippen LogP contribution in [-0.4, -0.2) is 0 Å². The summed E-state index contributed by atoms with van der Waals surface area (Å²) in [5.41, 5.74) is 0. The van der Waals surface area contributed by atoms with Gasteiger partial charge in [-0.3, -0.25) is 0 Å². The Morgan fingerprint density at radius 1 is 0.545 bits per heavy atom. The van der Waals surface area contributed by atoms with Crippen LogP contribution in [0.5, 0.6) is 0 Å². The van der Waals surface area contributed by atoms with Gasteiger partial charge in [-0.2, -0.15) is 0 Å². The molecule has 2 bridgehead atoms. The first-order chi connectivity index (χ1) is 5.45. The second-order valence-corrected chi connectivity index (χ2v) is 4.55. The Hall–Kier alpha value is 0. The molecule has 0 aromatic carbocycles. The summed E-state index contributed by atoms with van der Waals surface area (Å²) in [6.45, 7) is 0. The largest absolute Gasteiger partial charge is 0.0533 e. The van der Waals surface area contributed by atoms with Crippen molar-refractivity contribution in [3.8, 4) is 0 Å². The first kappa shape index (κ1) is 7.64. The van der Waals surface area contributed by atoms with E-state index in [-0.39, 0.29) is 0 Å². The van der Waals surface area contributed by atoms with Gasteiger partial charge in [-0.1, -0.05) is 44.9 Å². The molecule has 0 heterocycles. The van der Waals surface area contributed by atoms with Crippen molar-refractivity contribution in [2.75, 3.05) is 0 Å². The van der Waals surface area contributed by atoms with Gasteiger partial charge in [0.05, 0.1) is 0 Å². The van der Waals surface area contributed by atoms with Gasteiger partial charge in [0, 0.05) is 0 Å². The third-order valence-corrected chi connectivity index (χ3v) is 3.56. The van der Waals surface area contributed by atoms with Crippen LogP contribution in [0.2, 0.25) is 0 Å². The third kappa shape index (κ3) is 1.98. The zero-order valence-corrected chi connectivity index (χ0v) is 7.52. The van der Waals surface area contributed by atoms with E-state index in [1.165, 1.54) is 32.1 Å². The van der Waals surface area contributed by atoms with E-state index in [0.717, 1.165) is 11.8 Å². The van der Waals surface area contributed by atoms with Crippen LogP contribution < -0.4 is 0 Å². The van der Waals surface area contributed by atoms with Gasteiger partial charge < -0.3 is 0 Å². The topological polar surface area (TPSA) is 0 Å². The van der Waals surface area contributed by atoms with Gasteiger partial charge in [-0.05, 0) is 24.7 Å². The van der Waals surface area contributed by atoms with E-state index >= 15 is 0 Å². The number of hydrogen-bond acceptors (Lipinski definition) is 0. The highest BCUT2D eigenvalue weighted by molar-refractivity contribution is 4.79. The molecule has 3 aliphatic rings. The molecule has 3 saturated carbocycles. The first-order valence-electron chi connectivity index (χ1n) is 5.45. The maximum absolute atomic E-state index is 1.58. The lowest BCUT2D eigenvalue weighted by Crippen LogP contribution is -2.23. The summed E-state index contributed by atoms with van der Waals surface area (Å²) in [6, 6.07) is 0. The van der Waals surface area contributed by atoms with E-state index < -0.39 is 0 Å². The molecule has 0 amide bonds. The van der Waals surface area contributed by atoms with Gasteiger partial charge in [0.1, 0.15) is 0 Å². The number of fused-ring (bicyclic) bond motifs is 6. The van der Waals surface area contributed by atoms with Gasteiger partial charge >= 0.3 is 0 Å². The summed E-state index contributed by atoms with van der Waals surface area (Å²) in [5.74, 6) is 2.30. The van der Waals surface area contributed by atoms with Crippen molar-refractivity contribution in [2.45, 2.75) is 57.8 Å². The number of rotatable bonds is 0. The smallest absolute Gasteiger partial charge is 0.0409 e. The van der Waals surface area contributed by atoms with Crippen molar-refractivity contribution >= 4 is 0 Å². The van der Waals surface area contributed by atoms with Crippen LogP contribution in [0.3, 0.4) is 0 Å². The Morgan fingerprint density at radius 2 is 1.00 bits per heavy atom. The van der Waals surface area contributed by atoms with Gasteiger partial charge in [0.2, 0.25) is 0 Å². The van der Waals surface area contributed by atoms with Gasteiger partial charge in [0.25, 0.3) is 0 Å². The van der Waals surface area contributed by atoms with Crippen LogP contribution >= 0.6 is 0 Å². The monoisotopic (exact) mass is 152 g/mol. The zero-order valence-electron chi connectivity index (χ0n) is 7.52. The van der Waals surface area contributed by atoms with Gasteiger partial charge in [-0.25, -0.2) is 0 Å². The SMILES string of the molecule is C1CCCC2CC(CCC1)C2. The molecule has 0 aliphatic heterocycles. The second kappa shape index (κ2) is 3.60. The normalized spacial score (nSPS) is 39.3. The molecule has 0 spiro atoms. The molecule has 64 valence electrons. The van der Waals surface area contributed by atoms with Gasteiger partial charge in [0.15, 0.2) is 0 Å². The lowest BCUT2D eigenvalue weighted by Gasteiger charge is -2.36. The molecule has 0 atom stereocenters. The average molecular weight is 152 g/mol. The summed E-state index contributed by atoms with van der Waals surface area (Å²) >= 11 is 0. The van der Waals surface area contributed by atoms with Crippen molar-refractivity contribution < 1.29 is 0 Å². The van der Waals surface area contributed by atoms with Crippen molar-refractivity contribution in [2.24, 2.45) is 11.8 Å². The molecule has 0 saturated heterocycles. The highest BCUT2D eigenvalue weighted by Crippen LogP contribution is 2.41. The molecular weight excluding hydrogens is 132 g/mol. The minimum atomic E-state index is 1.15. The standard InChI is InChI=1S/C11H20/c1-2-4-6-10-8-11(9-10)7-5-3-1/h10-11H,1-9H2. The Balaban J connectivity index is 1.75. The molecule has 0 N–H and O–H groups in total. The van der Waals surface area contributed by atoms with Crippen LogP contribution in [0.15, 0.2) is 0 Å². The zero-order chi connectivity index (χ0) is 7.52.